The van der Waals surface area contributed by atoms with Crippen molar-refractivity contribution < 1.29 is 4.39 Å². The van der Waals surface area contributed by atoms with Crippen molar-refractivity contribution in [1.82, 2.24) is 10.3 Å². The lowest BCUT2D eigenvalue weighted by Crippen LogP contribution is -2.32. The molecule has 0 saturated carbocycles. The van der Waals surface area contributed by atoms with Crippen LogP contribution >= 0.6 is 0 Å². The molecule has 2 aromatic rings. The second kappa shape index (κ2) is 7.18. The molecular weight excluding hydrogens is 265 g/mol. The van der Waals surface area contributed by atoms with Crippen LogP contribution in [0.2, 0.25) is 0 Å². The molecule has 0 aliphatic carbocycles. The number of hydrogen-bond acceptors (Lipinski definition) is 3. The van der Waals surface area contributed by atoms with Crippen LogP contribution in [0.15, 0.2) is 42.6 Å². The van der Waals surface area contributed by atoms with E-state index in [4.69, 9.17) is 0 Å². The number of hydrogen-bond donors (Lipinski definition) is 1. The van der Waals surface area contributed by atoms with Crippen LogP contribution in [0.3, 0.4) is 0 Å². The van der Waals surface area contributed by atoms with Gasteiger partial charge in [0.05, 0.1) is 0 Å². The smallest absolute Gasteiger partial charge is 0.170 e. The van der Waals surface area contributed by atoms with E-state index in [0.29, 0.717) is 24.5 Å². The molecule has 0 fully saturated rings. The van der Waals surface area contributed by atoms with Crippen molar-refractivity contribution in [2.24, 2.45) is 0 Å². The zero-order valence-electron chi connectivity index (χ0n) is 12.8. The summed E-state index contributed by atoms with van der Waals surface area (Å²) >= 11 is 0. The Bertz CT molecular complexity index is 570. The van der Waals surface area contributed by atoms with E-state index >= 15 is 0 Å². The van der Waals surface area contributed by atoms with Gasteiger partial charge in [-0.05, 0) is 32.5 Å². The Kier molecular flexibility index (Phi) is 5.28. The fraction of sp³-hybridized carbons (Fsp3) is 0.353. The summed E-state index contributed by atoms with van der Waals surface area (Å²) in [6, 6.07) is 11.9. The number of nitrogens with zero attached hydrogens (tertiary/aromatic N) is 2. The Labute approximate surface area is 125 Å². The summed E-state index contributed by atoms with van der Waals surface area (Å²) < 4.78 is 14.6. The van der Waals surface area contributed by atoms with Gasteiger partial charge in [0, 0.05) is 30.9 Å². The minimum absolute atomic E-state index is 0.164. The molecule has 0 amide bonds. The van der Waals surface area contributed by atoms with Gasteiger partial charge in [0.2, 0.25) is 0 Å². The number of pyridine rings is 1. The van der Waals surface area contributed by atoms with E-state index < -0.39 is 0 Å². The van der Waals surface area contributed by atoms with Crippen molar-refractivity contribution in [3.05, 3.63) is 59.5 Å². The maximum absolute atomic E-state index is 14.6. The lowest BCUT2D eigenvalue weighted by atomic mass is 10.1. The molecule has 2 rings (SSSR count). The number of benzene rings is 1. The van der Waals surface area contributed by atoms with E-state index in [9.17, 15) is 4.39 Å². The third-order valence-corrected chi connectivity index (χ3v) is 3.41. The number of rotatable bonds is 6. The molecule has 1 N–H and O–H groups in total. The highest BCUT2D eigenvalue weighted by atomic mass is 19.1. The molecule has 0 radical (unpaired) electrons. The van der Waals surface area contributed by atoms with Crippen LogP contribution in [-0.4, -0.2) is 18.1 Å². The van der Waals surface area contributed by atoms with Crippen LogP contribution < -0.4 is 10.2 Å². The van der Waals surface area contributed by atoms with Crippen LogP contribution in [0.5, 0.6) is 0 Å². The molecule has 112 valence electrons. The van der Waals surface area contributed by atoms with Crippen molar-refractivity contribution in [1.29, 1.82) is 0 Å². The molecule has 1 heterocycles. The summed E-state index contributed by atoms with van der Waals surface area (Å²) in [6.07, 6.45) is 1.67. The molecular formula is C17H22FN3. The first-order valence-electron chi connectivity index (χ1n) is 7.22. The molecule has 0 atom stereocenters. The molecule has 0 saturated heterocycles. The number of aromatic nitrogens is 1. The lowest BCUT2D eigenvalue weighted by molar-refractivity contribution is 0.570. The maximum atomic E-state index is 14.6. The second-order valence-electron chi connectivity index (χ2n) is 5.35. The molecule has 0 aliphatic heterocycles. The van der Waals surface area contributed by atoms with Crippen LogP contribution in [0.25, 0.3) is 0 Å². The van der Waals surface area contributed by atoms with Crippen molar-refractivity contribution in [3.63, 3.8) is 0 Å². The minimum Gasteiger partial charge on any atom is -0.347 e. The Hall–Kier alpha value is -1.94. The number of halogens is 1. The standard InChI is InChI=1S/C17H22FN3/c1-13(2)21(12-14-7-5-4-6-8-14)17-16(18)15(11-19-3)9-10-20-17/h4-10,13,19H,11-12H2,1-3H3. The van der Waals surface area contributed by atoms with Gasteiger partial charge in [0.1, 0.15) is 0 Å². The van der Waals surface area contributed by atoms with Crippen molar-refractivity contribution >= 4 is 5.82 Å². The molecule has 0 spiro atoms. The quantitative estimate of drug-likeness (QED) is 0.883. The molecule has 0 aliphatic rings. The van der Waals surface area contributed by atoms with Crippen molar-refractivity contribution in [2.75, 3.05) is 11.9 Å². The molecule has 1 aromatic heterocycles. The third kappa shape index (κ3) is 3.79. The average Bonchev–Trinajstić information content (AvgIpc) is 2.48. The Morgan fingerprint density at radius 2 is 1.90 bits per heavy atom. The average molecular weight is 287 g/mol. The van der Waals surface area contributed by atoms with Gasteiger partial charge < -0.3 is 10.2 Å². The van der Waals surface area contributed by atoms with Gasteiger partial charge in [-0.25, -0.2) is 9.37 Å². The van der Waals surface area contributed by atoms with E-state index in [1.54, 1.807) is 12.3 Å². The molecule has 3 nitrogen and oxygen atoms in total. The highest BCUT2D eigenvalue weighted by Crippen LogP contribution is 2.23. The summed E-state index contributed by atoms with van der Waals surface area (Å²) in [5.74, 6) is 0.179. The fourth-order valence-corrected chi connectivity index (χ4v) is 2.28. The first kappa shape index (κ1) is 15.4. The first-order chi connectivity index (χ1) is 10.1. The Morgan fingerprint density at radius 1 is 1.19 bits per heavy atom. The van der Waals surface area contributed by atoms with Crippen LogP contribution in [0, 0.1) is 5.82 Å². The van der Waals surface area contributed by atoms with Crippen LogP contribution in [0.4, 0.5) is 10.2 Å². The fourth-order valence-electron chi connectivity index (χ4n) is 2.28. The second-order valence-corrected chi connectivity index (χ2v) is 5.35. The first-order valence-corrected chi connectivity index (χ1v) is 7.22. The molecule has 0 bridgehead atoms. The monoisotopic (exact) mass is 287 g/mol. The topological polar surface area (TPSA) is 28.2 Å². The zero-order valence-corrected chi connectivity index (χ0v) is 12.8. The van der Waals surface area contributed by atoms with E-state index in [2.05, 4.69) is 24.1 Å². The highest BCUT2D eigenvalue weighted by molar-refractivity contribution is 5.44. The SMILES string of the molecule is CNCc1ccnc(N(Cc2ccccc2)C(C)C)c1F. The normalized spacial score (nSPS) is 10.9. The molecule has 1 aromatic carbocycles. The van der Waals surface area contributed by atoms with Crippen molar-refractivity contribution in [2.45, 2.75) is 33.0 Å². The summed E-state index contributed by atoms with van der Waals surface area (Å²) in [7, 11) is 1.81. The van der Waals surface area contributed by atoms with Gasteiger partial charge in [0.25, 0.3) is 0 Å². The van der Waals surface area contributed by atoms with E-state index in [0.717, 1.165) is 5.56 Å². The summed E-state index contributed by atoms with van der Waals surface area (Å²) in [5.41, 5.74) is 1.78. The summed E-state index contributed by atoms with van der Waals surface area (Å²) in [6.45, 7) is 5.24. The molecule has 0 unspecified atom stereocenters. The van der Waals surface area contributed by atoms with Gasteiger partial charge >= 0.3 is 0 Å². The molecule has 4 heteroatoms. The Morgan fingerprint density at radius 3 is 2.52 bits per heavy atom. The van der Waals surface area contributed by atoms with Gasteiger partial charge in [-0.15, -0.1) is 0 Å². The summed E-state index contributed by atoms with van der Waals surface area (Å²) in [4.78, 5) is 6.25. The zero-order chi connectivity index (χ0) is 15.2. The predicted octanol–water partition coefficient (Wildman–Crippen LogP) is 3.36. The molecule has 21 heavy (non-hydrogen) atoms. The van der Waals surface area contributed by atoms with Gasteiger partial charge in [-0.1, -0.05) is 30.3 Å². The van der Waals surface area contributed by atoms with Gasteiger partial charge in [0.15, 0.2) is 11.6 Å². The number of nitrogens with one attached hydrogen (secondary N) is 1. The largest absolute Gasteiger partial charge is 0.347 e. The maximum Gasteiger partial charge on any atom is 0.170 e. The van der Waals surface area contributed by atoms with E-state index in [-0.39, 0.29) is 11.9 Å². The Balaban J connectivity index is 2.32. The van der Waals surface area contributed by atoms with E-state index in [1.165, 1.54) is 0 Å². The third-order valence-electron chi connectivity index (χ3n) is 3.41. The van der Waals surface area contributed by atoms with Crippen molar-refractivity contribution in [3.8, 4) is 0 Å². The highest BCUT2D eigenvalue weighted by Gasteiger charge is 2.18. The van der Waals surface area contributed by atoms with Gasteiger partial charge in [-0.3, -0.25) is 0 Å². The van der Waals surface area contributed by atoms with Crippen LogP contribution in [0.1, 0.15) is 25.0 Å². The lowest BCUT2D eigenvalue weighted by Gasteiger charge is -2.28. The van der Waals surface area contributed by atoms with Crippen LogP contribution in [-0.2, 0) is 13.1 Å². The minimum atomic E-state index is -0.239. The van der Waals surface area contributed by atoms with Gasteiger partial charge in [-0.2, -0.15) is 0 Å². The van der Waals surface area contributed by atoms with E-state index in [1.807, 2.05) is 42.3 Å². The summed E-state index contributed by atoms with van der Waals surface area (Å²) in [5, 5.41) is 2.98. The number of anilines is 1. The predicted molar refractivity (Wildman–Crippen MR) is 84.7 cm³/mol.